The maximum absolute atomic E-state index is 12.8. The lowest BCUT2D eigenvalue weighted by molar-refractivity contribution is -0.124. The number of hydrogen-bond donors (Lipinski definition) is 1. The first kappa shape index (κ1) is 18.9. The molecule has 0 aliphatic heterocycles. The Morgan fingerprint density at radius 3 is 2.90 bits per heavy atom. The van der Waals surface area contributed by atoms with Crippen LogP contribution < -0.4 is 5.32 Å². The minimum atomic E-state index is -0.598. The van der Waals surface area contributed by atoms with Crippen molar-refractivity contribution in [2.24, 2.45) is 7.05 Å². The van der Waals surface area contributed by atoms with Gasteiger partial charge in [-0.05, 0) is 36.6 Å². The fourth-order valence-electron chi connectivity index (χ4n) is 3.02. The number of fused-ring (bicyclic) bond motifs is 1. The predicted octanol–water partition coefficient (Wildman–Crippen LogP) is 3.07. The van der Waals surface area contributed by atoms with E-state index in [1.807, 2.05) is 24.4 Å². The first-order valence-corrected chi connectivity index (χ1v) is 9.75. The Labute approximate surface area is 170 Å². The van der Waals surface area contributed by atoms with Crippen LogP contribution in [-0.2, 0) is 23.1 Å². The van der Waals surface area contributed by atoms with E-state index in [2.05, 4.69) is 15.4 Å². The van der Waals surface area contributed by atoms with Gasteiger partial charge in [-0.25, -0.2) is 9.78 Å². The van der Waals surface area contributed by atoms with Crippen molar-refractivity contribution in [2.75, 3.05) is 6.61 Å². The van der Waals surface area contributed by atoms with Crippen LogP contribution in [0.4, 0.5) is 0 Å². The number of pyridine rings is 1. The van der Waals surface area contributed by atoms with Crippen molar-refractivity contribution < 1.29 is 18.7 Å². The summed E-state index contributed by atoms with van der Waals surface area (Å²) in [6, 6.07) is 9.02. The second-order valence-corrected chi connectivity index (χ2v) is 7.32. The third-order valence-corrected chi connectivity index (χ3v) is 5.23. The predicted molar refractivity (Wildman–Crippen MR) is 107 cm³/mol. The number of nitrogens with zero attached hydrogens (tertiary/aromatic N) is 3. The highest BCUT2D eigenvalue weighted by molar-refractivity contribution is 7.13. The molecule has 1 N–H and O–H groups in total. The van der Waals surface area contributed by atoms with E-state index >= 15 is 0 Å². The van der Waals surface area contributed by atoms with Gasteiger partial charge in [0.2, 0.25) is 0 Å². The van der Waals surface area contributed by atoms with Crippen LogP contribution in [0.3, 0.4) is 0 Å². The van der Waals surface area contributed by atoms with Gasteiger partial charge in [-0.2, -0.15) is 5.10 Å². The van der Waals surface area contributed by atoms with Crippen molar-refractivity contribution in [3.05, 3.63) is 59.0 Å². The zero-order valence-corrected chi connectivity index (χ0v) is 16.7. The van der Waals surface area contributed by atoms with Gasteiger partial charge in [-0.15, -0.1) is 11.3 Å². The molecule has 4 aromatic heterocycles. The molecule has 0 radical (unpaired) electrons. The number of ether oxygens (including phenoxy) is 1. The number of amides is 1. The summed E-state index contributed by atoms with van der Waals surface area (Å²) in [5.41, 5.74) is 2.25. The number of carbonyl (C=O) groups is 2. The summed E-state index contributed by atoms with van der Waals surface area (Å²) >= 11 is 1.52. The van der Waals surface area contributed by atoms with Gasteiger partial charge in [0.05, 0.1) is 40.0 Å². The van der Waals surface area contributed by atoms with Crippen LogP contribution >= 0.6 is 11.3 Å². The molecule has 148 valence electrons. The Bertz CT molecular complexity index is 1160. The topological polar surface area (TPSA) is 99.3 Å². The van der Waals surface area contributed by atoms with Gasteiger partial charge in [0.15, 0.2) is 12.3 Å². The smallest absolute Gasteiger partial charge is 0.339 e. The van der Waals surface area contributed by atoms with Crippen molar-refractivity contribution in [1.82, 2.24) is 20.1 Å². The summed E-state index contributed by atoms with van der Waals surface area (Å²) in [6.07, 6.45) is 1.53. The summed E-state index contributed by atoms with van der Waals surface area (Å²) in [5, 5.41) is 9.57. The van der Waals surface area contributed by atoms with E-state index in [0.29, 0.717) is 33.7 Å². The van der Waals surface area contributed by atoms with E-state index in [4.69, 9.17) is 9.15 Å². The molecule has 0 fully saturated rings. The van der Waals surface area contributed by atoms with E-state index in [1.165, 1.54) is 17.6 Å². The van der Waals surface area contributed by atoms with Crippen LogP contribution in [0, 0.1) is 6.92 Å². The molecule has 0 spiro atoms. The van der Waals surface area contributed by atoms with Crippen molar-refractivity contribution in [3.63, 3.8) is 0 Å². The third-order valence-electron chi connectivity index (χ3n) is 4.34. The fourth-order valence-corrected chi connectivity index (χ4v) is 3.70. The molecule has 0 atom stereocenters. The van der Waals surface area contributed by atoms with Gasteiger partial charge in [-0.3, -0.25) is 9.48 Å². The minimum absolute atomic E-state index is 0.229. The number of esters is 1. The average Bonchev–Trinajstić information content (AvgIpc) is 3.47. The molecule has 0 saturated carbocycles. The highest BCUT2D eigenvalue weighted by Gasteiger charge is 2.21. The zero-order valence-electron chi connectivity index (χ0n) is 15.8. The largest absolute Gasteiger partial charge is 0.467 e. The van der Waals surface area contributed by atoms with Gasteiger partial charge in [0.1, 0.15) is 5.76 Å². The van der Waals surface area contributed by atoms with Crippen molar-refractivity contribution >= 4 is 34.2 Å². The van der Waals surface area contributed by atoms with Crippen LogP contribution in [0.2, 0.25) is 0 Å². The van der Waals surface area contributed by atoms with E-state index < -0.39 is 18.5 Å². The number of carbonyl (C=O) groups excluding carboxylic acids is 2. The molecule has 8 nitrogen and oxygen atoms in total. The minimum Gasteiger partial charge on any atom is -0.467 e. The molecule has 1 amide bonds. The Kier molecular flexibility index (Phi) is 5.13. The van der Waals surface area contributed by atoms with E-state index in [1.54, 1.807) is 29.9 Å². The Morgan fingerprint density at radius 2 is 2.17 bits per heavy atom. The Balaban J connectivity index is 1.55. The average molecular weight is 410 g/mol. The van der Waals surface area contributed by atoms with Crippen LogP contribution in [0.1, 0.15) is 21.8 Å². The molecule has 0 unspecified atom stereocenters. The number of furan rings is 1. The second kappa shape index (κ2) is 7.88. The number of nitrogens with one attached hydrogen (secondary N) is 1. The highest BCUT2D eigenvalue weighted by Crippen LogP contribution is 2.29. The standard InChI is InChI=1S/C20H18N4O4S/c1-12-18-14(20(26)28-11-17(25)21-10-13-5-3-7-27-13)9-15(16-6-4-8-29-16)22-19(18)24(2)23-12/h3-9H,10-11H2,1-2H3,(H,21,25). The number of thiophene rings is 1. The maximum Gasteiger partial charge on any atom is 0.339 e. The quantitative estimate of drug-likeness (QED) is 0.491. The molecule has 0 aliphatic carbocycles. The monoisotopic (exact) mass is 410 g/mol. The molecule has 4 rings (SSSR count). The van der Waals surface area contributed by atoms with Gasteiger partial charge in [0.25, 0.3) is 5.91 Å². The van der Waals surface area contributed by atoms with Gasteiger partial charge < -0.3 is 14.5 Å². The molecule has 0 aliphatic rings. The molecule has 0 saturated heterocycles. The first-order chi connectivity index (χ1) is 14.0. The SMILES string of the molecule is Cc1nn(C)c2nc(-c3cccs3)cc(C(=O)OCC(=O)NCc3ccco3)c12. The lowest BCUT2D eigenvalue weighted by atomic mass is 10.1. The molecule has 4 aromatic rings. The third kappa shape index (κ3) is 3.90. The molecule has 0 bridgehead atoms. The summed E-state index contributed by atoms with van der Waals surface area (Å²) in [6.45, 7) is 1.64. The summed E-state index contributed by atoms with van der Waals surface area (Å²) in [7, 11) is 1.78. The van der Waals surface area contributed by atoms with E-state index in [9.17, 15) is 9.59 Å². The summed E-state index contributed by atoms with van der Waals surface area (Å²) in [4.78, 5) is 30.4. The maximum atomic E-state index is 12.8. The summed E-state index contributed by atoms with van der Waals surface area (Å²) < 4.78 is 12.0. The number of rotatable bonds is 6. The van der Waals surface area contributed by atoms with Crippen molar-refractivity contribution in [1.29, 1.82) is 0 Å². The highest BCUT2D eigenvalue weighted by atomic mass is 32.1. The first-order valence-electron chi connectivity index (χ1n) is 8.87. The van der Waals surface area contributed by atoms with E-state index in [0.717, 1.165) is 4.88 Å². The Hall–Kier alpha value is -3.46. The molecule has 9 heteroatoms. The summed E-state index contributed by atoms with van der Waals surface area (Å²) in [5.74, 6) is -0.395. The normalized spacial score (nSPS) is 11.0. The van der Waals surface area contributed by atoms with Gasteiger partial charge >= 0.3 is 5.97 Å². The lowest BCUT2D eigenvalue weighted by Gasteiger charge is -2.08. The number of hydrogen-bond acceptors (Lipinski definition) is 7. The van der Waals surface area contributed by atoms with Crippen molar-refractivity contribution in [3.8, 4) is 10.6 Å². The fraction of sp³-hybridized carbons (Fsp3) is 0.200. The lowest BCUT2D eigenvalue weighted by Crippen LogP contribution is -2.28. The molecule has 29 heavy (non-hydrogen) atoms. The molecular formula is C20H18N4O4S. The van der Waals surface area contributed by atoms with Crippen LogP contribution in [0.15, 0.2) is 46.4 Å². The van der Waals surface area contributed by atoms with Gasteiger partial charge in [0, 0.05) is 7.05 Å². The van der Waals surface area contributed by atoms with Crippen molar-refractivity contribution in [2.45, 2.75) is 13.5 Å². The van der Waals surface area contributed by atoms with E-state index in [-0.39, 0.29) is 6.54 Å². The molecule has 0 aromatic carbocycles. The Morgan fingerprint density at radius 1 is 1.31 bits per heavy atom. The number of aryl methyl sites for hydroxylation is 2. The van der Waals surface area contributed by atoms with Gasteiger partial charge in [-0.1, -0.05) is 6.07 Å². The molecular weight excluding hydrogens is 392 g/mol. The van der Waals surface area contributed by atoms with Crippen LogP contribution in [0.25, 0.3) is 21.6 Å². The molecule has 4 heterocycles. The zero-order chi connectivity index (χ0) is 20.4. The number of aromatic nitrogens is 3. The van der Waals surface area contributed by atoms with Crippen LogP contribution in [-0.4, -0.2) is 33.2 Å². The second-order valence-electron chi connectivity index (χ2n) is 6.37. The van der Waals surface area contributed by atoms with Crippen LogP contribution in [0.5, 0.6) is 0 Å².